The van der Waals surface area contributed by atoms with Crippen LogP contribution in [0.15, 0.2) is 17.1 Å². The van der Waals surface area contributed by atoms with Crippen LogP contribution in [0.25, 0.3) is 0 Å². The summed E-state index contributed by atoms with van der Waals surface area (Å²) in [5.41, 5.74) is 5.95. The molecule has 1 rings (SSSR count). The van der Waals surface area contributed by atoms with E-state index in [-0.39, 0.29) is 6.17 Å². The van der Waals surface area contributed by atoms with E-state index in [1.54, 1.807) is 0 Å². The second kappa shape index (κ2) is 11.8. The summed E-state index contributed by atoms with van der Waals surface area (Å²) in [4.78, 5) is 6.80. The predicted molar refractivity (Wildman–Crippen MR) is 93.6 cm³/mol. The summed E-state index contributed by atoms with van der Waals surface area (Å²) in [5, 5.41) is 0. The molecule has 0 aromatic carbocycles. The molecule has 0 aromatic rings. The van der Waals surface area contributed by atoms with Gasteiger partial charge >= 0.3 is 0 Å². The fourth-order valence-electron chi connectivity index (χ4n) is 2.82. The lowest BCUT2D eigenvalue weighted by Crippen LogP contribution is -2.41. The lowest BCUT2D eigenvalue weighted by Gasteiger charge is -2.24. The Morgan fingerprint density at radius 2 is 1.76 bits per heavy atom. The summed E-state index contributed by atoms with van der Waals surface area (Å²) in [7, 11) is 0. The first-order valence-corrected chi connectivity index (χ1v) is 8.96. The SMILES string of the molecule is CCCCCCCC/C=C/CCCC1=NCCN1C(C)N. The van der Waals surface area contributed by atoms with E-state index in [0.717, 1.165) is 19.5 Å². The standard InChI is InChI=1S/C18H35N3/c1-3-4-5-6-7-8-9-10-11-12-13-14-18-20-15-16-21(18)17(2)19/h10-11,17H,3-9,12-16,19H2,1-2H3/b11-10+. The molecule has 2 N–H and O–H groups in total. The van der Waals surface area contributed by atoms with Gasteiger partial charge in [-0.05, 0) is 32.6 Å². The second-order valence-electron chi connectivity index (χ2n) is 6.15. The Bertz CT molecular complexity index is 308. The monoisotopic (exact) mass is 293 g/mol. The van der Waals surface area contributed by atoms with Crippen molar-refractivity contribution in [2.24, 2.45) is 10.7 Å². The number of hydrogen-bond acceptors (Lipinski definition) is 3. The Morgan fingerprint density at radius 3 is 2.48 bits per heavy atom. The van der Waals surface area contributed by atoms with Gasteiger partial charge in [0.05, 0.1) is 12.7 Å². The second-order valence-corrected chi connectivity index (χ2v) is 6.15. The molecular weight excluding hydrogens is 258 g/mol. The number of nitrogens with zero attached hydrogens (tertiary/aromatic N) is 2. The van der Waals surface area contributed by atoms with E-state index >= 15 is 0 Å². The van der Waals surface area contributed by atoms with Crippen molar-refractivity contribution >= 4 is 5.84 Å². The molecule has 21 heavy (non-hydrogen) atoms. The number of allylic oxidation sites excluding steroid dienone is 2. The van der Waals surface area contributed by atoms with Gasteiger partial charge in [0.25, 0.3) is 0 Å². The van der Waals surface area contributed by atoms with Gasteiger partial charge in [0.2, 0.25) is 0 Å². The molecule has 1 aliphatic rings. The van der Waals surface area contributed by atoms with Crippen LogP contribution in [0, 0.1) is 0 Å². The van der Waals surface area contributed by atoms with Crippen molar-refractivity contribution in [3.05, 3.63) is 12.2 Å². The third kappa shape index (κ3) is 8.25. The largest absolute Gasteiger partial charge is 0.343 e. The molecule has 1 aliphatic heterocycles. The molecule has 0 spiro atoms. The van der Waals surface area contributed by atoms with Gasteiger partial charge in [0, 0.05) is 13.0 Å². The molecule has 1 heterocycles. The van der Waals surface area contributed by atoms with Crippen LogP contribution in [-0.4, -0.2) is 30.0 Å². The van der Waals surface area contributed by atoms with Crippen LogP contribution in [0.1, 0.15) is 78.1 Å². The Labute approximate surface area is 131 Å². The zero-order valence-electron chi connectivity index (χ0n) is 14.2. The highest BCUT2D eigenvalue weighted by Crippen LogP contribution is 2.11. The Hall–Kier alpha value is -0.830. The van der Waals surface area contributed by atoms with Crippen molar-refractivity contribution in [3.63, 3.8) is 0 Å². The van der Waals surface area contributed by atoms with Gasteiger partial charge in [-0.25, -0.2) is 0 Å². The van der Waals surface area contributed by atoms with Crippen LogP contribution < -0.4 is 5.73 Å². The predicted octanol–water partition coefficient (Wildman–Crippen LogP) is 4.48. The Morgan fingerprint density at radius 1 is 1.10 bits per heavy atom. The van der Waals surface area contributed by atoms with Crippen LogP contribution in [0.2, 0.25) is 0 Å². The minimum atomic E-state index is 0.106. The normalized spacial score (nSPS) is 16.7. The molecule has 0 amide bonds. The van der Waals surface area contributed by atoms with Crippen LogP contribution in [0.5, 0.6) is 0 Å². The van der Waals surface area contributed by atoms with Crippen molar-refractivity contribution in [2.75, 3.05) is 13.1 Å². The fourth-order valence-corrected chi connectivity index (χ4v) is 2.82. The third-order valence-electron chi connectivity index (χ3n) is 4.12. The number of nitrogens with two attached hydrogens (primary N) is 1. The summed E-state index contributed by atoms with van der Waals surface area (Å²) < 4.78 is 0. The lowest BCUT2D eigenvalue weighted by atomic mass is 10.1. The molecule has 0 fully saturated rings. The molecule has 0 bridgehead atoms. The molecule has 0 aliphatic carbocycles. The first-order chi connectivity index (χ1) is 10.3. The maximum atomic E-state index is 5.95. The van der Waals surface area contributed by atoms with E-state index in [4.69, 9.17) is 5.73 Å². The first kappa shape index (κ1) is 18.2. The van der Waals surface area contributed by atoms with Gasteiger partial charge in [0.15, 0.2) is 0 Å². The number of aliphatic imine (C=N–C) groups is 1. The molecule has 0 radical (unpaired) electrons. The van der Waals surface area contributed by atoms with Gasteiger partial charge in [-0.2, -0.15) is 0 Å². The van der Waals surface area contributed by atoms with Crippen LogP contribution in [-0.2, 0) is 0 Å². The van der Waals surface area contributed by atoms with Crippen molar-refractivity contribution in [1.82, 2.24) is 4.90 Å². The van der Waals surface area contributed by atoms with Gasteiger partial charge in [-0.3, -0.25) is 4.99 Å². The van der Waals surface area contributed by atoms with E-state index < -0.39 is 0 Å². The van der Waals surface area contributed by atoms with Gasteiger partial charge in [-0.1, -0.05) is 51.2 Å². The summed E-state index contributed by atoms with van der Waals surface area (Å²) in [5.74, 6) is 1.22. The smallest absolute Gasteiger partial charge is 0.100 e. The van der Waals surface area contributed by atoms with E-state index in [1.807, 2.05) is 6.92 Å². The van der Waals surface area contributed by atoms with Gasteiger partial charge in [0.1, 0.15) is 5.84 Å². The van der Waals surface area contributed by atoms with Crippen LogP contribution >= 0.6 is 0 Å². The highest BCUT2D eigenvalue weighted by atomic mass is 15.3. The lowest BCUT2D eigenvalue weighted by molar-refractivity contribution is 0.359. The van der Waals surface area contributed by atoms with Crippen molar-refractivity contribution in [1.29, 1.82) is 0 Å². The van der Waals surface area contributed by atoms with Gasteiger partial charge in [-0.15, -0.1) is 0 Å². The Balaban J connectivity index is 1.95. The molecule has 1 unspecified atom stereocenters. The maximum Gasteiger partial charge on any atom is 0.100 e. The minimum Gasteiger partial charge on any atom is -0.343 e. The summed E-state index contributed by atoms with van der Waals surface area (Å²) in [6.07, 6.45) is 17.8. The number of rotatable bonds is 12. The van der Waals surface area contributed by atoms with Crippen molar-refractivity contribution in [2.45, 2.75) is 84.2 Å². The average molecular weight is 293 g/mol. The zero-order valence-corrected chi connectivity index (χ0v) is 14.2. The van der Waals surface area contributed by atoms with Crippen LogP contribution in [0.4, 0.5) is 0 Å². The van der Waals surface area contributed by atoms with E-state index in [9.17, 15) is 0 Å². The highest BCUT2D eigenvalue weighted by molar-refractivity contribution is 5.83. The molecular formula is C18H35N3. The average Bonchev–Trinajstić information content (AvgIpc) is 2.93. The number of hydrogen-bond donors (Lipinski definition) is 1. The summed E-state index contributed by atoms with van der Waals surface area (Å²) in [6, 6.07) is 0. The molecule has 3 nitrogen and oxygen atoms in total. The van der Waals surface area contributed by atoms with E-state index in [2.05, 4.69) is 29.0 Å². The maximum absolute atomic E-state index is 5.95. The van der Waals surface area contributed by atoms with Crippen LogP contribution in [0.3, 0.4) is 0 Å². The summed E-state index contributed by atoms with van der Waals surface area (Å²) in [6.45, 7) is 6.24. The molecule has 0 saturated carbocycles. The molecule has 122 valence electrons. The zero-order chi connectivity index (χ0) is 15.3. The van der Waals surface area contributed by atoms with E-state index in [1.165, 1.54) is 63.6 Å². The quantitative estimate of drug-likeness (QED) is 0.426. The molecule has 3 heteroatoms. The van der Waals surface area contributed by atoms with Crippen molar-refractivity contribution in [3.8, 4) is 0 Å². The minimum absolute atomic E-state index is 0.106. The molecule has 0 aromatic heterocycles. The summed E-state index contributed by atoms with van der Waals surface area (Å²) >= 11 is 0. The molecule has 1 atom stereocenters. The first-order valence-electron chi connectivity index (χ1n) is 8.96. The van der Waals surface area contributed by atoms with Crippen molar-refractivity contribution < 1.29 is 0 Å². The fraction of sp³-hybridized carbons (Fsp3) is 0.833. The topological polar surface area (TPSA) is 41.6 Å². The highest BCUT2D eigenvalue weighted by Gasteiger charge is 2.18. The molecule has 0 saturated heterocycles. The number of unbranched alkanes of at least 4 members (excludes halogenated alkanes) is 7. The number of amidine groups is 1. The third-order valence-corrected chi connectivity index (χ3v) is 4.12. The van der Waals surface area contributed by atoms with E-state index in [0.29, 0.717) is 0 Å². The Kier molecular flexibility index (Phi) is 10.2. The van der Waals surface area contributed by atoms with Gasteiger partial charge < -0.3 is 10.6 Å².